The molecule has 6 nitrogen and oxygen atoms in total. The Balaban J connectivity index is 1.59. The van der Waals surface area contributed by atoms with Gasteiger partial charge < -0.3 is 9.64 Å². The van der Waals surface area contributed by atoms with E-state index in [1.165, 1.54) is 16.4 Å². The summed E-state index contributed by atoms with van der Waals surface area (Å²) >= 11 is 1.55. The van der Waals surface area contributed by atoms with Gasteiger partial charge in [-0.3, -0.25) is 4.79 Å². The molecule has 2 heterocycles. The first-order chi connectivity index (χ1) is 16.4. The quantitative estimate of drug-likeness (QED) is 0.415. The second-order valence-corrected chi connectivity index (χ2v) is 11.2. The van der Waals surface area contributed by atoms with Crippen LogP contribution < -0.4 is 0 Å². The van der Waals surface area contributed by atoms with Crippen LogP contribution in [-0.4, -0.2) is 49.3 Å². The van der Waals surface area contributed by atoms with Crippen LogP contribution in [0.25, 0.3) is 0 Å². The molecule has 1 saturated heterocycles. The Morgan fingerprint density at radius 1 is 1.03 bits per heavy atom. The van der Waals surface area contributed by atoms with E-state index in [1.54, 1.807) is 16.2 Å². The Hall–Kier alpha value is -2.59. The molecular formula is C25H27FN2O4S2. The van der Waals surface area contributed by atoms with E-state index >= 15 is 0 Å². The summed E-state index contributed by atoms with van der Waals surface area (Å²) in [6, 6.07) is 18.2. The molecule has 9 heteroatoms. The summed E-state index contributed by atoms with van der Waals surface area (Å²) in [5.41, 5.74) is 0.958. The van der Waals surface area contributed by atoms with Crippen molar-refractivity contribution >= 4 is 27.3 Å². The number of halogens is 1. The Kier molecular flexibility index (Phi) is 8.10. The average Bonchev–Trinajstić information content (AvgIpc) is 3.53. The summed E-state index contributed by atoms with van der Waals surface area (Å²) in [4.78, 5) is 16.1. The van der Waals surface area contributed by atoms with Crippen LogP contribution in [0.15, 0.2) is 77.0 Å². The minimum Gasteiger partial charge on any atom is -0.377 e. The molecule has 1 fully saturated rings. The van der Waals surface area contributed by atoms with Gasteiger partial charge in [0.25, 0.3) is 0 Å². The largest absolute Gasteiger partial charge is 0.377 e. The molecule has 1 aromatic heterocycles. The van der Waals surface area contributed by atoms with Gasteiger partial charge in [-0.1, -0.05) is 36.4 Å². The highest BCUT2D eigenvalue weighted by molar-refractivity contribution is 7.89. The highest BCUT2D eigenvalue weighted by Gasteiger charge is 2.32. The number of hydrogen-bond donors (Lipinski definition) is 0. The molecule has 2 aromatic carbocycles. The van der Waals surface area contributed by atoms with Gasteiger partial charge >= 0.3 is 0 Å². The van der Waals surface area contributed by atoms with Crippen molar-refractivity contribution in [2.75, 3.05) is 19.7 Å². The molecule has 34 heavy (non-hydrogen) atoms. The molecule has 1 amide bonds. The zero-order valence-electron chi connectivity index (χ0n) is 18.7. The second-order valence-electron chi connectivity index (χ2n) is 8.20. The van der Waals surface area contributed by atoms with Gasteiger partial charge in [-0.05, 0) is 54.1 Å². The average molecular weight is 503 g/mol. The summed E-state index contributed by atoms with van der Waals surface area (Å²) in [6.45, 7) is 1.07. The first-order valence-electron chi connectivity index (χ1n) is 11.1. The van der Waals surface area contributed by atoms with Crippen molar-refractivity contribution in [3.63, 3.8) is 0 Å². The summed E-state index contributed by atoms with van der Waals surface area (Å²) in [6.07, 6.45) is 1.30. The standard InChI is InChI=1S/C25H27FN2O4S2/c26-21-10-12-24(13-11-21)34(30,31)28(17-22-8-4-14-32-22)19-25(29)27(18-23-9-5-15-33-23)16-20-6-2-1-3-7-20/h1-3,5-7,9-13,15,22H,4,8,14,16-19H2. The topological polar surface area (TPSA) is 66.9 Å². The first-order valence-corrected chi connectivity index (χ1v) is 13.5. The van der Waals surface area contributed by atoms with Crippen LogP contribution in [0, 0.1) is 5.82 Å². The number of amides is 1. The predicted molar refractivity (Wildman–Crippen MR) is 129 cm³/mol. The highest BCUT2D eigenvalue weighted by Crippen LogP contribution is 2.22. The molecule has 0 bridgehead atoms. The van der Waals surface area contributed by atoms with E-state index in [0.29, 0.717) is 19.7 Å². The molecule has 4 rings (SSSR count). The molecule has 1 aliphatic rings. The van der Waals surface area contributed by atoms with Gasteiger partial charge in [0.2, 0.25) is 15.9 Å². The van der Waals surface area contributed by atoms with Gasteiger partial charge in [0.1, 0.15) is 5.82 Å². The fourth-order valence-corrected chi connectivity index (χ4v) is 6.04. The van der Waals surface area contributed by atoms with E-state index in [4.69, 9.17) is 4.74 Å². The van der Waals surface area contributed by atoms with Crippen molar-refractivity contribution in [3.8, 4) is 0 Å². The highest BCUT2D eigenvalue weighted by atomic mass is 32.2. The minimum atomic E-state index is -4.03. The molecule has 180 valence electrons. The maximum absolute atomic E-state index is 13.5. The number of nitrogens with zero attached hydrogens (tertiary/aromatic N) is 2. The molecular weight excluding hydrogens is 475 g/mol. The lowest BCUT2D eigenvalue weighted by Crippen LogP contribution is -2.45. The third kappa shape index (κ3) is 6.29. The number of benzene rings is 2. The van der Waals surface area contributed by atoms with Crippen LogP contribution >= 0.6 is 11.3 Å². The molecule has 1 aliphatic heterocycles. The SMILES string of the molecule is O=C(CN(CC1CCCO1)S(=O)(=O)c1ccc(F)cc1)N(Cc1ccccc1)Cc1cccs1. The maximum Gasteiger partial charge on any atom is 0.243 e. The van der Waals surface area contributed by atoms with Crippen LogP contribution in [-0.2, 0) is 32.6 Å². The van der Waals surface area contributed by atoms with Crippen LogP contribution in [0.3, 0.4) is 0 Å². The molecule has 0 aliphatic carbocycles. The van der Waals surface area contributed by atoms with E-state index in [9.17, 15) is 17.6 Å². The Morgan fingerprint density at radius 2 is 1.79 bits per heavy atom. The van der Waals surface area contributed by atoms with Gasteiger partial charge in [-0.2, -0.15) is 4.31 Å². The minimum absolute atomic E-state index is 0.0486. The molecule has 1 atom stereocenters. The van der Waals surface area contributed by atoms with Crippen molar-refractivity contribution in [2.45, 2.75) is 36.9 Å². The van der Waals surface area contributed by atoms with E-state index < -0.39 is 15.8 Å². The predicted octanol–water partition coefficient (Wildman–Crippen LogP) is 4.29. The lowest BCUT2D eigenvalue weighted by atomic mass is 10.2. The maximum atomic E-state index is 13.5. The fourth-order valence-electron chi connectivity index (χ4n) is 3.90. The van der Waals surface area contributed by atoms with Crippen LogP contribution in [0.1, 0.15) is 23.3 Å². The van der Waals surface area contributed by atoms with Crippen molar-refractivity contribution in [1.82, 2.24) is 9.21 Å². The summed E-state index contributed by atoms with van der Waals surface area (Å²) in [5.74, 6) is -0.827. The summed E-state index contributed by atoms with van der Waals surface area (Å²) < 4.78 is 47.1. The van der Waals surface area contributed by atoms with Crippen LogP contribution in [0.5, 0.6) is 0 Å². The van der Waals surface area contributed by atoms with Gasteiger partial charge in [-0.15, -0.1) is 11.3 Å². The van der Waals surface area contributed by atoms with E-state index in [2.05, 4.69) is 0 Å². The molecule has 0 saturated carbocycles. The number of rotatable bonds is 10. The van der Waals surface area contributed by atoms with Crippen molar-refractivity contribution < 1.29 is 22.3 Å². The van der Waals surface area contributed by atoms with Gasteiger partial charge in [-0.25, -0.2) is 12.8 Å². The number of carbonyl (C=O) groups is 1. The third-order valence-electron chi connectivity index (χ3n) is 5.69. The fraction of sp³-hybridized carbons (Fsp3) is 0.320. The molecule has 3 aromatic rings. The summed E-state index contributed by atoms with van der Waals surface area (Å²) in [7, 11) is -4.03. The van der Waals surface area contributed by atoms with Crippen LogP contribution in [0.4, 0.5) is 4.39 Å². The van der Waals surface area contributed by atoms with E-state index in [0.717, 1.165) is 35.4 Å². The Morgan fingerprint density at radius 3 is 2.44 bits per heavy atom. The lowest BCUT2D eigenvalue weighted by Gasteiger charge is -2.28. The summed E-state index contributed by atoms with van der Waals surface area (Å²) in [5, 5.41) is 1.95. The Labute approximate surface area is 203 Å². The first kappa shape index (κ1) is 24.5. The molecule has 0 radical (unpaired) electrons. The third-order valence-corrected chi connectivity index (χ3v) is 8.38. The smallest absolute Gasteiger partial charge is 0.243 e. The number of thiophene rings is 1. The molecule has 0 spiro atoms. The zero-order chi connectivity index (χ0) is 24.0. The number of hydrogen-bond acceptors (Lipinski definition) is 5. The van der Waals surface area contributed by atoms with Crippen molar-refractivity contribution in [3.05, 3.63) is 88.4 Å². The molecule has 1 unspecified atom stereocenters. The van der Waals surface area contributed by atoms with Crippen molar-refractivity contribution in [1.29, 1.82) is 0 Å². The number of carbonyl (C=O) groups excluding carboxylic acids is 1. The van der Waals surface area contributed by atoms with Gasteiger partial charge in [0.15, 0.2) is 0 Å². The second kappa shape index (κ2) is 11.2. The van der Waals surface area contributed by atoms with Crippen molar-refractivity contribution in [2.24, 2.45) is 0 Å². The Bertz CT molecular complexity index is 1160. The zero-order valence-corrected chi connectivity index (χ0v) is 20.3. The number of sulfonamides is 1. The normalized spacial score (nSPS) is 16.1. The van der Waals surface area contributed by atoms with Gasteiger partial charge in [0.05, 0.1) is 24.1 Å². The van der Waals surface area contributed by atoms with Crippen LogP contribution in [0.2, 0.25) is 0 Å². The lowest BCUT2D eigenvalue weighted by molar-refractivity contribution is -0.132. The monoisotopic (exact) mass is 502 g/mol. The van der Waals surface area contributed by atoms with Gasteiger partial charge in [0, 0.05) is 24.6 Å². The van der Waals surface area contributed by atoms with E-state index in [-0.39, 0.29) is 30.0 Å². The molecule has 0 N–H and O–H groups in total. The number of ether oxygens (including phenoxy) is 1. The van der Waals surface area contributed by atoms with E-state index in [1.807, 2.05) is 47.8 Å².